The summed E-state index contributed by atoms with van der Waals surface area (Å²) in [5, 5.41) is 12.9. The van der Waals surface area contributed by atoms with Gasteiger partial charge in [-0.15, -0.1) is 0 Å². The van der Waals surface area contributed by atoms with E-state index in [0.29, 0.717) is 11.4 Å². The first kappa shape index (κ1) is 24.4. The second-order valence-corrected chi connectivity index (χ2v) is 8.28. The van der Waals surface area contributed by atoms with Crippen LogP contribution in [0.15, 0.2) is 77.9 Å². The average Bonchev–Trinajstić information content (AvgIpc) is 3.37. The van der Waals surface area contributed by atoms with Crippen LogP contribution in [0, 0.1) is 11.6 Å². The van der Waals surface area contributed by atoms with E-state index in [4.69, 9.17) is 4.74 Å². The summed E-state index contributed by atoms with van der Waals surface area (Å²) in [4.78, 5) is 22.1. The van der Waals surface area contributed by atoms with Crippen LogP contribution in [-0.2, 0) is 10.3 Å². The lowest BCUT2D eigenvalue weighted by Gasteiger charge is -2.35. The van der Waals surface area contributed by atoms with Crippen molar-refractivity contribution < 1.29 is 23.4 Å². The lowest BCUT2D eigenvalue weighted by atomic mass is 9.91. The van der Waals surface area contributed by atoms with Crippen molar-refractivity contribution in [3.8, 4) is 0 Å². The van der Waals surface area contributed by atoms with Crippen LogP contribution in [0.4, 0.5) is 8.78 Å². The number of aliphatic imine (C=N–C) groups is 1. The average molecular weight is 478 g/mol. The van der Waals surface area contributed by atoms with E-state index in [-0.39, 0.29) is 23.5 Å². The monoisotopic (exact) mass is 477 g/mol. The summed E-state index contributed by atoms with van der Waals surface area (Å²) in [5.74, 6) is -1.55. The third-order valence-corrected chi connectivity index (χ3v) is 6.21. The molecule has 2 N–H and O–H groups in total. The minimum Gasteiger partial charge on any atom is -0.394 e. The minimum absolute atomic E-state index is 0.0516. The second kappa shape index (κ2) is 10.2. The lowest BCUT2D eigenvalue weighted by molar-refractivity contribution is -0.0464. The molecular formula is C27H25F2N3O3. The SMILES string of the molecule is COC(C)(c1ccccn1)[C@H](CO)NC(=O)c1cccc(F)c1C1=NCC(c2ccc(F)cc2)=C1. The number of methoxy groups -OCH3 is 1. The van der Waals surface area contributed by atoms with Gasteiger partial charge in [0, 0.05) is 18.9 Å². The molecule has 1 aromatic heterocycles. The highest BCUT2D eigenvalue weighted by Crippen LogP contribution is 2.28. The molecule has 1 unspecified atom stereocenters. The van der Waals surface area contributed by atoms with Gasteiger partial charge in [-0.1, -0.05) is 24.3 Å². The smallest absolute Gasteiger partial charge is 0.252 e. The molecule has 3 aromatic rings. The molecule has 0 bridgehead atoms. The van der Waals surface area contributed by atoms with Gasteiger partial charge < -0.3 is 15.2 Å². The van der Waals surface area contributed by atoms with Gasteiger partial charge in [-0.05, 0) is 60.5 Å². The van der Waals surface area contributed by atoms with Crippen molar-refractivity contribution in [2.45, 2.75) is 18.6 Å². The van der Waals surface area contributed by atoms with Gasteiger partial charge in [0.25, 0.3) is 5.91 Å². The van der Waals surface area contributed by atoms with Crippen LogP contribution in [-0.4, -0.2) is 48.0 Å². The number of pyridine rings is 1. The molecule has 6 nitrogen and oxygen atoms in total. The Kier molecular flexibility index (Phi) is 7.14. The Balaban J connectivity index is 1.64. The largest absolute Gasteiger partial charge is 0.394 e. The van der Waals surface area contributed by atoms with Crippen molar-refractivity contribution in [1.82, 2.24) is 10.3 Å². The zero-order valence-corrected chi connectivity index (χ0v) is 19.3. The number of nitrogens with zero attached hydrogens (tertiary/aromatic N) is 2. The highest BCUT2D eigenvalue weighted by molar-refractivity contribution is 6.19. The van der Waals surface area contributed by atoms with Crippen LogP contribution in [0.5, 0.6) is 0 Å². The van der Waals surface area contributed by atoms with Crippen molar-refractivity contribution in [2.75, 3.05) is 20.3 Å². The Labute approximate surface area is 202 Å². The fourth-order valence-corrected chi connectivity index (χ4v) is 4.07. The zero-order chi connectivity index (χ0) is 25.0. The van der Waals surface area contributed by atoms with Crippen molar-refractivity contribution in [3.05, 3.63) is 107 Å². The van der Waals surface area contributed by atoms with E-state index < -0.39 is 30.0 Å². The molecule has 0 radical (unpaired) electrons. The van der Waals surface area contributed by atoms with E-state index in [2.05, 4.69) is 15.3 Å². The Morgan fingerprint density at radius 1 is 1.14 bits per heavy atom. The van der Waals surface area contributed by atoms with E-state index in [1.807, 2.05) is 0 Å². The Hall–Kier alpha value is -3.75. The summed E-state index contributed by atoms with van der Waals surface area (Å²) in [6.45, 7) is 1.55. The van der Waals surface area contributed by atoms with Gasteiger partial charge in [0.05, 0.1) is 36.2 Å². The maximum Gasteiger partial charge on any atom is 0.252 e. The molecule has 0 spiro atoms. The van der Waals surface area contributed by atoms with Gasteiger partial charge in [0.1, 0.15) is 17.2 Å². The zero-order valence-electron chi connectivity index (χ0n) is 19.3. The Morgan fingerprint density at radius 3 is 2.57 bits per heavy atom. The van der Waals surface area contributed by atoms with Crippen LogP contribution in [0.2, 0.25) is 0 Å². The minimum atomic E-state index is -1.14. The molecule has 180 valence electrons. The van der Waals surface area contributed by atoms with E-state index in [1.54, 1.807) is 49.5 Å². The first-order chi connectivity index (χ1) is 16.9. The third kappa shape index (κ3) is 4.89. The molecular weight excluding hydrogens is 452 g/mol. The van der Waals surface area contributed by atoms with E-state index >= 15 is 4.39 Å². The van der Waals surface area contributed by atoms with E-state index in [0.717, 1.165) is 11.1 Å². The Morgan fingerprint density at radius 2 is 1.91 bits per heavy atom. The number of benzene rings is 2. The van der Waals surface area contributed by atoms with Gasteiger partial charge in [0.2, 0.25) is 0 Å². The van der Waals surface area contributed by atoms with Crippen LogP contribution >= 0.6 is 0 Å². The molecule has 1 amide bonds. The number of hydrogen-bond acceptors (Lipinski definition) is 5. The number of halogens is 2. The van der Waals surface area contributed by atoms with E-state index in [9.17, 15) is 14.3 Å². The third-order valence-electron chi connectivity index (χ3n) is 6.21. The number of ether oxygens (including phenoxy) is 1. The first-order valence-corrected chi connectivity index (χ1v) is 11.1. The summed E-state index contributed by atoms with van der Waals surface area (Å²) >= 11 is 0. The molecule has 0 saturated carbocycles. The van der Waals surface area contributed by atoms with Crippen LogP contribution in [0.3, 0.4) is 0 Å². The van der Waals surface area contributed by atoms with Crippen molar-refractivity contribution >= 4 is 17.2 Å². The number of carbonyl (C=O) groups excluding carboxylic acids is 1. The first-order valence-electron chi connectivity index (χ1n) is 11.1. The van der Waals surface area contributed by atoms with Gasteiger partial charge in [-0.3, -0.25) is 14.8 Å². The fourth-order valence-electron chi connectivity index (χ4n) is 4.07. The number of nitrogens with one attached hydrogen (secondary N) is 1. The predicted molar refractivity (Wildman–Crippen MR) is 129 cm³/mol. The molecule has 2 atom stereocenters. The number of amides is 1. The highest BCUT2D eigenvalue weighted by atomic mass is 19.1. The lowest BCUT2D eigenvalue weighted by Crippen LogP contribution is -2.52. The molecule has 1 aliphatic heterocycles. The molecule has 2 heterocycles. The topological polar surface area (TPSA) is 83.8 Å². The molecule has 0 saturated heterocycles. The number of rotatable bonds is 8. The maximum absolute atomic E-state index is 15.0. The summed E-state index contributed by atoms with van der Waals surface area (Å²) in [7, 11) is 1.46. The van der Waals surface area contributed by atoms with Crippen LogP contribution in [0.25, 0.3) is 5.57 Å². The molecule has 0 fully saturated rings. The predicted octanol–water partition coefficient (Wildman–Crippen LogP) is 3.90. The quantitative estimate of drug-likeness (QED) is 0.516. The number of aliphatic hydroxyl groups is 1. The van der Waals surface area contributed by atoms with Gasteiger partial charge in [-0.2, -0.15) is 0 Å². The van der Waals surface area contributed by atoms with Gasteiger partial charge in [-0.25, -0.2) is 8.78 Å². The number of aliphatic hydroxyl groups excluding tert-OH is 1. The summed E-state index contributed by atoms with van der Waals surface area (Å²) in [6, 6.07) is 14.5. The standard InChI is InChI=1S/C27H25F2N3O3/c1-27(35-2,23-8-3-4-13-30-23)24(16-33)32-26(34)20-6-5-7-21(29)25(20)22-14-18(15-31-22)17-9-11-19(28)12-10-17/h3-14,24,33H,15-16H2,1-2H3,(H,32,34)/t24-,27?/m0/s1. The molecule has 8 heteroatoms. The van der Waals surface area contributed by atoms with Crippen LogP contribution < -0.4 is 5.32 Å². The van der Waals surface area contributed by atoms with Crippen molar-refractivity contribution in [2.24, 2.45) is 4.99 Å². The van der Waals surface area contributed by atoms with Gasteiger partial charge >= 0.3 is 0 Å². The highest BCUT2D eigenvalue weighted by Gasteiger charge is 2.39. The summed E-state index contributed by atoms with van der Waals surface area (Å²) in [5.41, 5.74) is 1.36. The normalized spacial score (nSPS) is 15.7. The maximum atomic E-state index is 15.0. The van der Waals surface area contributed by atoms with Crippen molar-refractivity contribution in [1.29, 1.82) is 0 Å². The summed E-state index contributed by atoms with van der Waals surface area (Å²) in [6.07, 6.45) is 3.29. The molecule has 1 aliphatic rings. The molecule has 2 aromatic carbocycles. The number of carbonyl (C=O) groups is 1. The summed E-state index contributed by atoms with van der Waals surface area (Å²) < 4.78 is 34.0. The number of hydrogen-bond donors (Lipinski definition) is 2. The van der Waals surface area contributed by atoms with Crippen molar-refractivity contribution in [3.63, 3.8) is 0 Å². The molecule has 4 rings (SSSR count). The fraction of sp³-hybridized carbons (Fsp3) is 0.222. The molecule has 0 aliphatic carbocycles. The molecule has 35 heavy (non-hydrogen) atoms. The second-order valence-electron chi connectivity index (χ2n) is 8.28. The van der Waals surface area contributed by atoms with Crippen LogP contribution in [0.1, 0.15) is 34.1 Å². The van der Waals surface area contributed by atoms with E-state index in [1.165, 1.54) is 37.4 Å². The van der Waals surface area contributed by atoms with Gasteiger partial charge in [0.15, 0.2) is 0 Å². The number of aromatic nitrogens is 1. The Bertz CT molecular complexity index is 1280. The number of allylic oxidation sites excluding steroid dienone is 1.